The fourth-order valence-corrected chi connectivity index (χ4v) is 6.37. The Bertz CT molecular complexity index is 2480. The van der Waals surface area contributed by atoms with Crippen molar-refractivity contribution in [3.05, 3.63) is 152 Å². The van der Waals surface area contributed by atoms with Gasteiger partial charge in [0.1, 0.15) is 11.2 Å². The van der Waals surface area contributed by atoms with Crippen molar-refractivity contribution in [3.63, 3.8) is 0 Å². The third-order valence-electron chi connectivity index (χ3n) is 8.53. The van der Waals surface area contributed by atoms with E-state index in [0.717, 1.165) is 54.8 Å². The zero-order chi connectivity index (χ0) is 29.7. The van der Waals surface area contributed by atoms with E-state index in [9.17, 15) is 0 Å². The fraction of sp³-hybridized carbons (Fsp3) is 0. The molecule has 0 saturated heterocycles. The number of fused-ring (bicyclic) bond motifs is 6. The second-order valence-corrected chi connectivity index (χ2v) is 11.2. The van der Waals surface area contributed by atoms with Gasteiger partial charge in [0.25, 0.3) is 0 Å². The second kappa shape index (κ2) is 10.2. The number of rotatable bonds is 4. The first-order valence-corrected chi connectivity index (χ1v) is 15.0. The van der Waals surface area contributed by atoms with Crippen LogP contribution in [-0.2, 0) is 0 Å². The summed E-state index contributed by atoms with van der Waals surface area (Å²) in [6, 6.07) is 52.2. The van der Waals surface area contributed by atoms with E-state index in [0.29, 0.717) is 17.5 Å². The first-order chi connectivity index (χ1) is 22.3. The van der Waals surface area contributed by atoms with Crippen LogP contribution in [0.15, 0.2) is 156 Å². The SMILES string of the molecule is c1ccc(-c2nc(-c3ccccc3)nc(-c3ccc4c(-c5cccc6c5ccc5c7ccccc7oc65)cccc4c3)n2)cc1. The van der Waals surface area contributed by atoms with Crippen molar-refractivity contribution < 1.29 is 4.42 Å². The van der Waals surface area contributed by atoms with Gasteiger partial charge in [0.15, 0.2) is 17.5 Å². The Morgan fingerprint density at radius 2 is 0.889 bits per heavy atom. The molecule has 0 atom stereocenters. The Labute approximate surface area is 259 Å². The number of benzene rings is 7. The van der Waals surface area contributed by atoms with Gasteiger partial charge in [-0.2, -0.15) is 0 Å². The molecular formula is C41H25N3O. The minimum atomic E-state index is 0.646. The molecule has 2 aromatic heterocycles. The number of hydrogen-bond acceptors (Lipinski definition) is 4. The molecule has 0 fully saturated rings. The van der Waals surface area contributed by atoms with Crippen LogP contribution >= 0.6 is 0 Å². The van der Waals surface area contributed by atoms with Gasteiger partial charge in [-0.15, -0.1) is 0 Å². The molecule has 9 aromatic rings. The van der Waals surface area contributed by atoms with Gasteiger partial charge in [-0.3, -0.25) is 0 Å². The number of furan rings is 1. The topological polar surface area (TPSA) is 51.8 Å². The summed E-state index contributed by atoms with van der Waals surface area (Å²) in [5.74, 6) is 1.95. The third kappa shape index (κ3) is 4.27. The maximum Gasteiger partial charge on any atom is 0.164 e. The highest BCUT2D eigenvalue weighted by atomic mass is 16.3. The van der Waals surface area contributed by atoms with Crippen LogP contribution in [-0.4, -0.2) is 15.0 Å². The molecule has 45 heavy (non-hydrogen) atoms. The van der Waals surface area contributed by atoms with Crippen molar-refractivity contribution in [2.45, 2.75) is 0 Å². The lowest BCUT2D eigenvalue weighted by atomic mass is 9.92. The van der Waals surface area contributed by atoms with E-state index < -0.39 is 0 Å². The van der Waals surface area contributed by atoms with Crippen molar-refractivity contribution in [2.75, 3.05) is 0 Å². The summed E-state index contributed by atoms with van der Waals surface area (Å²) in [6.07, 6.45) is 0. The van der Waals surface area contributed by atoms with Gasteiger partial charge in [0.2, 0.25) is 0 Å². The van der Waals surface area contributed by atoms with Crippen molar-refractivity contribution in [1.29, 1.82) is 0 Å². The Kier molecular flexibility index (Phi) is 5.78. The minimum Gasteiger partial charge on any atom is -0.455 e. The summed E-state index contributed by atoms with van der Waals surface area (Å²) in [7, 11) is 0. The molecule has 0 spiro atoms. The zero-order valence-corrected chi connectivity index (χ0v) is 24.2. The Balaban J connectivity index is 1.20. The molecule has 4 nitrogen and oxygen atoms in total. The summed E-state index contributed by atoms with van der Waals surface area (Å²) in [5, 5.41) is 6.84. The summed E-state index contributed by atoms with van der Waals surface area (Å²) in [6.45, 7) is 0. The molecule has 0 aliphatic carbocycles. The van der Waals surface area contributed by atoms with Gasteiger partial charge in [-0.05, 0) is 45.5 Å². The Hall–Kier alpha value is -6.13. The first kappa shape index (κ1) is 25.4. The molecule has 9 rings (SSSR count). The first-order valence-electron chi connectivity index (χ1n) is 15.0. The third-order valence-corrected chi connectivity index (χ3v) is 8.53. The predicted molar refractivity (Wildman–Crippen MR) is 184 cm³/mol. The van der Waals surface area contributed by atoms with Crippen molar-refractivity contribution in [1.82, 2.24) is 15.0 Å². The number of para-hydroxylation sites is 1. The average Bonchev–Trinajstić information content (AvgIpc) is 3.51. The normalized spacial score (nSPS) is 11.6. The van der Waals surface area contributed by atoms with E-state index >= 15 is 0 Å². The van der Waals surface area contributed by atoms with Gasteiger partial charge >= 0.3 is 0 Å². The van der Waals surface area contributed by atoms with E-state index in [2.05, 4.69) is 78.9 Å². The van der Waals surface area contributed by atoms with E-state index in [1.165, 1.54) is 16.5 Å². The second-order valence-electron chi connectivity index (χ2n) is 11.2. The maximum atomic E-state index is 6.37. The van der Waals surface area contributed by atoms with Crippen LogP contribution in [0.2, 0.25) is 0 Å². The quantitative estimate of drug-likeness (QED) is 0.209. The van der Waals surface area contributed by atoms with Crippen molar-refractivity contribution in [2.24, 2.45) is 0 Å². The van der Waals surface area contributed by atoms with Crippen molar-refractivity contribution >= 4 is 43.5 Å². The molecule has 0 radical (unpaired) electrons. The fourth-order valence-electron chi connectivity index (χ4n) is 6.37. The van der Waals surface area contributed by atoms with Crippen LogP contribution in [0.4, 0.5) is 0 Å². The van der Waals surface area contributed by atoms with E-state index in [4.69, 9.17) is 19.4 Å². The van der Waals surface area contributed by atoms with Crippen LogP contribution < -0.4 is 0 Å². The summed E-state index contributed by atoms with van der Waals surface area (Å²) >= 11 is 0. The predicted octanol–water partition coefficient (Wildman–Crippen LogP) is 10.7. The van der Waals surface area contributed by atoms with Gasteiger partial charge in [0.05, 0.1) is 0 Å². The van der Waals surface area contributed by atoms with Crippen LogP contribution in [0, 0.1) is 0 Å². The molecule has 0 amide bonds. The highest BCUT2D eigenvalue weighted by Crippen LogP contribution is 2.40. The van der Waals surface area contributed by atoms with Crippen molar-refractivity contribution in [3.8, 4) is 45.3 Å². The number of aromatic nitrogens is 3. The lowest BCUT2D eigenvalue weighted by Crippen LogP contribution is -2.00. The molecule has 0 N–H and O–H groups in total. The molecule has 2 heterocycles. The van der Waals surface area contributed by atoms with Gasteiger partial charge < -0.3 is 4.42 Å². The monoisotopic (exact) mass is 575 g/mol. The average molecular weight is 576 g/mol. The molecular weight excluding hydrogens is 550 g/mol. The summed E-state index contributed by atoms with van der Waals surface area (Å²) in [4.78, 5) is 14.7. The van der Waals surface area contributed by atoms with Gasteiger partial charge in [-0.25, -0.2) is 15.0 Å². The summed E-state index contributed by atoms with van der Waals surface area (Å²) < 4.78 is 6.37. The molecule has 0 aliphatic rings. The molecule has 0 aliphatic heterocycles. The van der Waals surface area contributed by atoms with E-state index in [-0.39, 0.29) is 0 Å². The highest BCUT2D eigenvalue weighted by Gasteiger charge is 2.16. The van der Waals surface area contributed by atoms with E-state index in [1.54, 1.807) is 0 Å². The molecule has 0 unspecified atom stereocenters. The molecule has 4 heteroatoms. The summed E-state index contributed by atoms with van der Waals surface area (Å²) in [5.41, 5.74) is 7.03. The zero-order valence-electron chi connectivity index (χ0n) is 24.2. The Morgan fingerprint density at radius 3 is 1.62 bits per heavy atom. The van der Waals surface area contributed by atoms with Crippen LogP contribution in [0.25, 0.3) is 88.8 Å². The smallest absolute Gasteiger partial charge is 0.164 e. The Morgan fingerprint density at radius 1 is 0.356 bits per heavy atom. The van der Waals surface area contributed by atoms with Crippen LogP contribution in [0.3, 0.4) is 0 Å². The molecule has 210 valence electrons. The molecule has 0 saturated carbocycles. The van der Waals surface area contributed by atoms with Crippen LogP contribution in [0.5, 0.6) is 0 Å². The van der Waals surface area contributed by atoms with Gasteiger partial charge in [0, 0.05) is 32.8 Å². The highest BCUT2D eigenvalue weighted by molar-refractivity contribution is 6.18. The minimum absolute atomic E-state index is 0.646. The lowest BCUT2D eigenvalue weighted by molar-refractivity contribution is 0.672. The van der Waals surface area contributed by atoms with Gasteiger partial charge in [-0.1, -0.05) is 133 Å². The van der Waals surface area contributed by atoms with Crippen LogP contribution in [0.1, 0.15) is 0 Å². The number of hydrogen-bond donors (Lipinski definition) is 0. The lowest BCUT2D eigenvalue weighted by Gasteiger charge is -2.12. The van der Waals surface area contributed by atoms with E-state index in [1.807, 2.05) is 72.8 Å². The standard InChI is InChI=1S/C41H25N3O/c1-3-11-26(12-4-1)39-42-40(27-13-5-2-6-14-27)44-41(43-39)29-21-22-30-28(25-29)15-9-17-31(30)32-18-10-19-35-33(32)23-24-36-34-16-7-8-20-37(34)45-38(35)36/h1-25H. The molecule has 7 aromatic carbocycles. The molecule has 0 bridgehead atoms. The largest absolute Gasteiger partial charge is 0.455 e. The number of nitrogens with zero attached hydrogens (tertiary/aromatic N) is 3. The maximum absolute atomic E-state index is 6.37.